The molecule has 0 aliphatic carbocycles. The van der Waals surface area contributed by atoms with E-state index in [1.807, 2.05) is 0 Å². The average Bonchev–Trinajstić information content (AvgIpc) is 2.61. The summed E-state index contributed by atoms with van der Waals surface area (Å²) in [5, 5.41) is 6.00. The molecule has 0 atom stereocenters. The number of nitrogens with zero attached hydrogens (tertiary/aromatic N) is 2. The lowest BCUT2D eigenvalue weighted by atomic mass is 10.2. The number of hydrogen-bond donors (Lipinski definition) is 2. The van der Waals surface area contributed by atoms with Crippen LogP contribution in [-0.2, 0) is 0 Å². The summed E-state index contributed by atoms with van der Waals surface area (Å²) in [6.07, 6.45) is 2.64. The number of carbonyl (C=O) groups excluding carboxylic acids is 1. The lowest BCUT2D eigenvalue weighted by molar-refractivity contribution is 0.102. The zero-order valence-electron chi connectivity index (χ0n) is 12.6. The minimum atomic E-state index is -1.04. The molecule has 126 valence electrons. The van der Waals surface area contributed by atoms with Gasteiger partial charge < -0.3 is 10.6 Å². The maximum Gasteiger partial charge on any atom is 0.258 e. The third-order valence-corrected chi connectivity index (χ3v) is 3.44. The van der Waals surface area contributed by atoms with Crippen molar-refractivity contribution in [1.82, 2.24) is 9.97 Å². The summed E-state index contributed by atoms with van der Waals surface area (Å²) in [5.41, 5.74) is 1.04. The minimum absolute atomic E-state index is 0.132. The number of anilines is 3. The number of rotatable bonds is 4. The van der Waals surface area contributed by atoms with Gasteiger partial charge in [0, 0.05) is 34.9 Å². The van der Waals surface area contributed by atoms with Crippen molar-refractivity contribution in [3.8, 4) is 0 Å². The first-order valence-corrected chi connectivity index (χ1v) is 7.50. The summed E-state index contributed by atoms with van der Waals surface area (Å²) in [7, 11) is 0. The first-order valence-electron chi connectivity index (χ1n) is 7.12. The Morgan fingerprint density at radius 3 is 2.20 bits per heavy atom. The zero-order chi connectivity index (χ0) is 17.8. The first kappa shape index (κ1) is 16.8. The second-order valence-electron chi connectivity index (χ2n) is 5.01. The Kier molecular flexibility index (Phi) is 4.85. The van der Waals surface area contributed by atoms with Gasteiger partial charge in [0.05, 0.1) is 5.56 Å². The van der Waals surface area contributed by atoms with Gasteiger partial charge in [-0.05, 0) is 36.4 Å². The van der Waals surface area contributed by atoms with Gasteiger partial charge in [-0.2, -0.15) is 0 Å². The number of halogens is 3. The SMILES string of the molecule is O=C(Nc1ccc(F)c(F)c1)c1cnc(Nc2ccc(Cl)cc2)nc1. The molecular weight excluding hydrogens is 350 g/mol. The smallest absolute Gasteiger partial charge is 0.258 e. The lowest BCUT2D eigenvalue weighted by Gasteiger charge is -2.07. The summed E-state index contributed by atoms with van der Waals surface area (Å²) in [6, 6.07) is 10.0. The monoisotopic (exact) mass is 360 g/mol. The molecule has 0 fully saturated rings. The van der Waals surface area contributed by atoms with E-state index in [9.17, 15) is 13.6 Å². The fourth-order valence-corrected chi connectivity index (χ4v) is 2.08. The standard InChI is InChI=1S/C17H11ClF2N4O/c18-11-1-3-12(4-2-11)24-17-21-8-10(9-22-17)16(25)23-13-5-6-14(19)15(20)7-13/h1-9H,(H,23,25)(H,21,22,24). The van der Waals surface area contributed by atoms with E-state index in [2.05, 4.69) is 20.6 Å². The van der Waals surface area contributed by atoms with Crippen LogP contribution >= 0.6 is 11.6 Å². The molecular formula is C17H11ClF2N4O. The van der Waals surface area contributed by atoms with Crippen molar-refractivity contribution >= 4 is 34.8 Å². The van der Waals surface area contributed by atoms with Crippen molar-refractivity contribution in [1.29, 1.82) is 0 Å². The molecule has 0 radical (unpaired) electrons. The predicted molar refractivity (Wildman–Crippen MR) is 91.1 cm³/mol. The second-order valence-corrected chi connectivity index (χ2v) is 5.45. The predicted octanol–water partition coefficient (Wildman–Crippen LogP) is 4.40. The summed E-state index contributed by atoms with van der Waals surface area (Å²) >= 11 is 5.81. The second kappa shape index (κ2) is 7.23. The van der Waals surface area contributed by atoms with Gasteiger partial charge in [-0.1, -0.05) is 11.6 Å². The Morgan fingerprint density at radius 1 is 0.920 bits per heavy atom. The molecule has 0 bridgehead atoms. The topological polar surface area (TPSA) is 66.9 Å². The van der Waals surface area contributed by atoms with Crippen LogP contribution in [0.25, 0.3) is 0 Å². The number of aromatic nitrogens is 2. The third-order valence-electron chi connectivity index (χ3n) is 3.19. The van der Waals surface area contributed by atoms with E-state index in [0.29, 0.717) is 11.0 Å². The Morgan fingerprint density at radius 2 is 1.56 bits per heavy atom. The fraction of sp³-hybridized carbons (Fsp3) is 0. The molecule has 3 rings (SSSR count). The Bertz CT molecular complexity index is 902. The van der Waals surface area contributed by atoms with E-state index in [1.54, 1.807) is 24.3 Å². The van der Waals surface area contributed by atoms with Crippen molar-refractivity contribution in [2.45, 2.75) is 0 Å². The number of nitrogens with one attached hydrogen (secondary N) is 2. The molecule has 0 unspecified atom stereocenters. The van der Waals surface area contributed by atoms with Crippen LogP contribution in [0.1, 0.15) is 10.4 Å². The molecule has 5 nitrogen and oxygen atoms in total. The van der Waals surface area contributed by atoms with E-state index < -0.39 is 17.5 Å². The maximum atomic E-state index is 13.1. The Balaban J connectivity index is 1.67. The van der Waals surface area contributed by atoms with Crippen LogP contribution in [-0.4, -0.2) is 15.9 Å². The molecule has 0 saturated carbocycles. The summed E-state index contributed by atoms with van der Waals surface area (Å²) in [6.45, 7) is 0. The summed E-state index contributed by atoms with van der Waals surface area (Å²) in [4.78, 5) is 20.2. The highest BCUT2D eigenvalue weighted by Gasteiger charge is 2.10. The van der Waals surface area contributed by atoms with Gasteiger partial charge in [0.2, 0.25) is 5.95 Å². The molecule has 0 spiro atoms. The lowest BCUT2D eigenvalue weighted by Crippen LogP contribution is -2.13. The Labute approximate surface area is 146 Å². The maximum absolute atomic E-state index is 13.1. The van der Waals surface area contributed by atoms with Gasteiger partial charge in [0.1, 0.15) is 0 Å². The highest BCUT2D eigenvalue weighted by molar-refractivity contribution is 6.30. The van der Waals surface area contributed by atoms with Crippen molar-refractivity contribution in [3.05, 3.63) is 77.1 Å². The highest BCUT2D eigenvalue weighted by Crippen LogP contribution is 2.17. The molecule has 2 aromatic carbocycles. The molecule has 2 N–H and O–H groups in total. The molecule has 1 amide bonds. The van der Waals surface area contributed by atoms with Crippen LogP contribution < -0.4 is 10.6 Å². The van der Waals surface area contributed by atoms with Crippen LogP contribution in [0.2, 0.25) is 5.02 Å². The number of hydrogen-bond acceptors (Lipinski definition) is 4. The van der Waals surface area contributed by atoms with Crippen molar-refractivity contribution in [2.24, 2.45) is 0 Å². The van der Waals surface area contributed by atoms with E-state index in [-0.39, 0.29) is 11.3 Å². The van der Waals surface area contributed by atoms with E-state index in [4.69, 9.17) is 11.6 Å². The quantitative estimate of drug-likeness (QED) is 0.723. The first-order chi connectivity index (χ1) is 12.0. The summed E-state index contributed by atoms with van der Waals surface area (Å²) < 4.78 is 26.0. The molecule has 0 saturated heterocycles. The van der Waals surface area contributed by atoms with Crippen molar-refractivity contribution < 1.29 is 13.6 Å². The molecule has 0 aliphatic rings. The van der Waals surface area contributed by atoms with Gasteiger partial charge >= 0.3 is 0 Å². The highest BCUT2D eigenvalue weighted by atomic mass is 35.5. The van der Waals surface area contributed by atoms with Gasteiger partial charge in [-0.15, -0.1) is 0 Å². The van der Waals surface area contributed by atoms with Crippen LogP contribution in [0.3, 0.4) is 0 Å². The third kappa shape index (κ3) is 4.27. The van der Waals surface area contributed by atoms with E-state index in [1.165, 1.54) is 18.5 Å². The van der Waals surface area contributed by atoms with Crippen LogP contribution in [0.5, 0.6) is 0 Å². The molecule has 8 heteroatoms. The van der Waals surface area contributed by atoms with Crippen molar-refractivity contribution in [3.63, 3.8) is 0 Å². The van der Waals surface area contributed by atoms with Gasteiger partial charge in [0.15, 0.2) is 11.6 Å². The zero-order valence-corrected chi connectivity index (χ0v) is 13.4. The molecule has 0 aliphatic heterocycles. The summed E-state index contributed by atoms with van der Waals surface area (Å²) in [5.74, 6) is -2.27. The van der Waals surface area contributed by atoms with E-state index >= 15 is 0 Å². The fourth-order valence-electron chi connectivity index (χ4n) is 1.95. The van der Waals surface area contributed by atoms with Crippen LogP contribution in [0.15, 0.2) is 54.9 Å². The number of amides is 1. The van der Waals surface area contributed by atoms with Crippen LogP contribution in [0, 0.1) is 11.6 Å². The Hall–Kier alpha value is -3.06. The molecule has 1 aromatic heterocycles. The van der Waals surface area contributed by atoms with Gasteiger partial charge in [-0.25, -0.2) is 18.7 Å². The van der Waals surface area contributed by atoms with Crippen LogP contribution in [0.4, 0.5) is 26.1 Å². The van der Waals surface area contributed by atoms with Gasteiger partial charge in [0.25, 0.3) is 5.91 Å². The molecule has 1 heterocycles. The molecule has 25 heavy (non-hydrogen) atoms. The minimum Gasteiger partial charge on any atom is -0.324 e. The van der Waals surface area contributed by atoms with Gasteiger partial charge in [-0.3, -0.25) is 4.79 Å². The van der Waals surface area contributed by atoms with E-state index in [0.717, 1.165) is 17.8 Å². The average molecular weight is 361 g/mol. The number of carbonyl (C=O) groups is 1. The molecule has 3 aromatic rings. The largest absolute Gasteiger partial charge is 0.324 e. The normalized spacial score (nSPS) is 10.4. The van der Waals surface area contributed by atoms with Crippen molar-refractivity contribution in [2.75, 3.05) is 10.6 Å². The number of benzene rings is 2.